The molecule has 17 heavy (non-hydrogen) atoms. The molecule has 1 unspecified atom stereocenters. The van der Waals surface area contributed by atoms with Crippen LogP contribution in [-0.2, 0) is 0 Å². The van der Waals surface area contributed by atoms with Gasteiger partial charge in [0.25, 0.3) is 0 Å². The molecule has 0 saturated heterocycles. The van der Waals surface area contributed by atoms with Crippen LogP contribution in [0.4, 0.5) is 20.2 Å². The first-order chi connectivity index (χ1) is 8.09. The lowest BCUT2D eigenvalue weighted by atomic mass is 10.2. The summed E-state index contributed by atoms with van der Waals surface area (Å²) in [5.74, 6) is -1.84. The summed E-state index contributed by atoms with van der Waals surface area (Å²) < 4.78 is 26.6. The number of hydrogen-bond acceptors (Lipinski definition) is 3. The summed E-state index contributed by atoms with van der Waals surface area (Å²) in [6.45, 7) is 1.87. The average molecular weight is 254 g/mol. The molecule has 0 saturated carbocycles. The molecule has 0 aliphatic heterocycles. The van der Waals surface area contributed by atoms with Gasteiger partial charge in [0.05, 0.1) is 17.4 Å². The van der Waals surface area contributed by atoms with Crippen molar-refractivity contribution in [2.75, 3.05) is 11.1 Å². The first kappa shape index (κ1) is 11.9. The summed E-state index contributed by atoms with van der Waals surface area (Å²) in [5, 5.41) is 4.82. The van der Waals surface area contributed by atoms with Crippen LogP contribution in [0, 0.1) is 11.6 Å². The van der Waals surface area contributed by atoms with Crippen molar-refractivity contribution in [2.45, 2.75) is 13.0 Å². The Kier molecular flexibility index (Phi) is 3.28. The maximum absolute atomic E-state index is 13.6. The van der Waals surface area contributed by atoms with Gasteiger partial charge in [-0.25, -0.2) is 8.78 Å². The number of hydrogen-bond donors (Lipinski definition) is 2. The van der Waals surface area contributed by atoms with Crippen LogP contribution in [0.5, 0.6) is 0 Å². The van der Waals surface area contributed by atoms with E-state index in [0.29, 0.717) is 0 Å². The van der Waals surface area contributed by atoms with E-state index in [1.165, 1.54) is 6.07 Å². The number of nitrogens with one attached hydrogen (secondary N) is 1. The second-order valence-corrected chi connectivity index (χ2v) is 4.69. The van der Waals surface area contributed by atoms with Crippen molar-refractivity contribution in [1.29, 1.82) is 0 Å². The third-order valence-corrected chi connectivity index (χ3v) is 3.51. The van der Waals surface area contributed by atoms with Gasteiger partial charge in [0.2, 0.25) is 0 Å². The fraction of sp³-hybridized carbons (Fsp3) is 0.167. The molecule has 1 aromatic heterocycles. The Morgan fingerprint density at radius 3 is 2.71 bits per heavy atom. The molecule has 1 aromatic carbocycles. The van der Waals surface area contributed by atoms with Gasteiger partial charge in [0.15, 0.2) is 11.6 Å². The van der Waals surface area contributed by atoms with Gasteiger partial charge in [-0.05, 0) is 30.5 Å². The quantitative estimate of drug-likeness (QED) is 0.818. The number of benzene rings is 1. The first-order valence-electron chi connectivity index (χ1n) is 5.13. The van der Waals surface area contributed by atoms with Gasteiger partial charge < -0.3 is 11.1 Å². The van der Waals surface area contributed by atoms with Crippen molar-refractivity contribution < 1.29 is 8.78 Å². The standard InChI is InChI=1S/C12H12F2N2S/c1-7(10-3-2-6-17-10)16-12-9(15)5-4-8(13)11(12)14/h2-7,16H,15H2,1H3. The van der Waals surface area contributed by atoms with Crippen molar-refractivity contribution in [3.63, 3.8) is 0 Å². The third kappa shape index (κ3) is 2.39. The zero-order chi connectivity index (χ0) is 12.4. The van der Waals surface area contributed by atoms with Crippen molar-refractivity contribution in [1.82, 2.24) is 0 Å². The van der Waals surface area contributed by atoms with Gasteiger partial charge >= 0.3 is 0 Å². The minimum atomic E-state index is -0.937. The molecule has 0 fully saturated rings. The fourth-order valence-corrected chi connectivity index (χ4v) is 2.27. The van der Waals surface area contributed by atoms with Crippen molar-refractivity contribution in [3.8, 4) is 0 Å². The van der Waals surface area contributed by atoms with E-state index in [2.05, 4.69) is 5.32 Å². The minimum absolute atomic E-state index is 0.0194. The van der Waals surface area contributed by atoms with E-state index >= 15 is 0 Å². The highest BCUT2D eigenvalue weighted by atomic mass is 32.1. The average Bonchev–Trinajstić information content (AvgIpc) is 2.83. The summed E-state index contributed by atoms with van der Waals surface area (Å²) in [4.78, 5) is 1.04. The van der Waals surface area contributed by atoms with Crippen molar-refractivity contribution in [2.24, 2.45) is 0 Å². The Balaban J connectivity index is 2.27. The van der Waals surface area contributed by atoms with E-state index < -0.39 is 11.6 Å². The topological polar surface area (TPSA) is 38.0 Å². The Morgan fingerprint density at radius 1 is 1.29 bits per heavy atom. The Bertz CT molecular complexity index is 511. The molecule has 90 valence electrons. The van der Waals surface area contributed by atoms with E-state index in [1.54, 1.807) is 11.3 Å². The van der Waals surface area contributed by atoms with E-state index in [0.717, 1.165) is 10.9 Å². The normalized spacial score (nSPS) is 12.4. The molecule has 2 aromatic rings. The van der Waals surface area contributed by atoms with Crippen LogP contribution in [0.25, 0.3) is 0 Å². The molecule has 1 heterocycles. The summed E-state index contributed by atoms with van der Waals surface area (Å²) in [7, 11) is 0. The molecular formula is C12H12F2N2S. The molecule has 0 aliphatic rings. The van der Waals surface area contributed by atoms with E-state index in [4.69, 9.17) is 5.73 Å². The molecular weight excluding hydrogens is 242 g/mol. The van der Waals surface area contributed by atoms with Crippen molar-refractivity contribution in [3.05, 3.63) is 46.2 Å². The number of rotatable bonds is 3. The minimum Gasteiger partial charge on any atom is -0.397 e. The van der Waals surface area contributed by atoms with Crippen molar-refractivity contribution >= 4 is 22.7 Å². The molecule has 5 heteroatoms. The molecule has 0 aliphatic carbocycles. The molecule has 0 radical (unpaired) electrons. The number of halogens is 2. The fourth-order valence-electron chi connectivity index (χ4n) is 1.54. The molecule has 2 nitrogen and oxygen atoms in total. The highest BCUT2D eigenvalue weighted by Crippen LogP contribution is 2.29. The van der Waals surface area contributed by atoms with Crippen LogP contribution in [0.2, 0.25) is 0 Å². The highest BCUT2D eigenvalue weighted by Gasteiger charge is 2.15. The van der Waals surface area contributed by atoms with E-state index in [9.17, 15) is 8.78 Å². The molecule has 1 atom stereocenters. The lowest BCUT2D eigenvalue weighted by Gasteiger charge is -2.16. The highest BCUT2D eigenvalue weighted by molar-refractivity contribution is 7.10. The molecule has 0 bridgehead atoms. The summed E-state index contributed by atoms with van der Waals surface area (Å²) >= 11 is 1.55. The van der Waals surface area contributed by atoms with Gasteiger partial charge in [-0.1, -0.05) is 6.07 Å². The van der Waals surface area contributed by atoms with Crippen LogP contribution in [0.15, 0.2) is 29.6 Å². The van der Waals surface area contributed by atoms with Gasteiger partial charge in [-0.15, -0.1) is 11.3 Å². The monoisotopic (exact) mass is 254 g/mol. The molecule has 2 rings (SSSR count). The van der Waals surface area contributed by atoms with Gasteiger partial charge in [0.1, 0.15) is 0 Å². The molecule has 0 amide bonds. The van der Waals surface area contributed by atoms with Crippen LogP contribution in [-0.4, -0.2) is 0 Å². The zero-order valence-electron chi connectivity index (χ0n) is 9.21. The van der Waals surface area contributed by atoms with E-state index in [1.807, 2.05) is 24.4 Å². The van der Waals surface area contributed by atoms with Gasteiger partial charge in [-0.3, -0.25) is 0 Å². The van der Waals surface area contributed by atoms with Gasteiger partial charge in [-0.2, -0.15) is 0 Å². The number of nitrogen functional groups attached to an aromatic ring is 1. The smallest absolute Gasteiger partial charge is 0.183 e. The molecule has 3 N–H and O–H groups in total. The number of thiophene rings is 1. The Labute approximate surface area is 102 Å². The third-order valence-electron chi connectivity index (χ3n) is 2.46. The number of nitrogens with two attached hydrogens (primary N) is 1. The first-order valence-corrected chi connectivity index (χ1v) is 6.01. The number of anilines is 2. The second-order valence-electron chi connectivity index (χ2n) is 3.71. The SMILES string of the molecule is CC(Nc1c(N)ccc(F)c1F)c1cccs1. The van der Waals surface area contributed by atoms with Crippen LogP contribution in [0.1, 0.15) is 17.8 Å². The predicted octanol–water partition coefficient (Wildman–Crippen LogP) is 3.78. The Morgan fingerprint density at radius 2 is 2.06 bits per heavy atom. The lowest BCUT2D eigenvalue weighted by Crippen LogP contribution is -2.09. The maximum Gasteiger partial charge on any atom is 0.183 e. The summed E-state index contributed by atoms with van der Waals surface area (Å²) in [6, 6.07) is 6.08. The molecule has 0 spiro atoms. The largest absolute Gasteiger partial charge is 0.397 e. The summed E-state index contributed by atoms with van der Waals surface area (Å²) in [6.07, 6.45) is 0. The summed E-state index contributed by atoms with van der Waals surface area (Å²) in [5.41, 5.74) is 5.85. The second kappa shape index (κ2) is 4.71. The van der Waals surface area contributed by atoms with Gasteiger partial charge in [0, 0.05) is 4.88 Å². The Hall–Kier alpha value is -1.62. The van der Waals surface area contributed by atoms with E-state index in [-0.39, 0.29) is 17.4 Å². The maximum atomic E-state index is 13.6. The van der Waals surface area contributed by atoms with Crippen LogP contribution >= 0.6 is 11.3 Å². The van der Waals surface area contributed by atoms with Crippen LogP contribution in [0.3, 0.4) is 0 Å². The zero-order valence-corrected chi connectivity index (χ0v) is 10.0. The lowest BCUT2D eigenvalue weighted by molar-refractivity contribution is 0.510. The van der Waals surface area contributed by atoms with Crippen LogP contribution < -0.4 is 11.1 Å². The predicted molar refractivity (Wildman–Crippen MR) is 67.1 cm³/mol.